The molecule has 1 atom stereocenters. The van der Waals surface area contributed by atoms with E-state index in [1.54, 1.807) is 11.3 Å². The second-order valence-electron chi connectivity index (χ2n) is 7.29. The summed E-state index contributed by atoms with van der Waals surface area (Å²) in [6, 6.07) is 12.8. The van der Waals surface area contributed by atoms with E-state index in [4.69, 9.17) is 0 Å². The van der Waals surface area contributed by atoms with Gasteiger partial charge in [0.05, 0.1) is 17.3 Å². The van der Waals surface area contributed by atoms with Crippen LogP contribution in [-0.2, 0) is 6.54 Å². The predicted molar refractivity (Wildman–Crippen MR) is 111 cm³/mol. The first kappa shape index (κ1) is 17.5. The van der Waals surface area contributed by atoms with E-state index >= 15 is 0 Å². The van der Waals surface area contributed by atoms with Crippen molar-refractivity contribution >= 4 is 16.9 Å². The monoisotopic (exact) mass is 390 g/mol. The second kappa shape index (κ2) is 7.43. The molecule has 4 aromatic heterocycles. The van der Waals surface area contributed by atoms with Gasteiger partial charge in [-0.05, 0) is 47.6 Å². The largest absolute Gasteiger partial charge is 0.295 e. The first-order valence-corrected chi connectivity index (χ1v) is 10.4. The first-order chi connectivity index (χ1) is 13.8. The summed E-state index contributed by atoms with van der Waals surface area (Å²) in [5.74, 6) is 0. The highest BCUT2D eigenvalue weighted by Crippen LogP contribution is 2.28. The number of piperazine rings is 1. The average molecular weight is 391 g/mol. The second-order valence-corrected chi connectivity index (χ2v) is 8.07. The number of hydrogen-bond donors (Lipinski definition) is 0. The minimum absolute atomic E-state index is 0.224. The SMILES string of the molecule is CN1CCN(Cc2ccccn2)C[C@@H]1c1nnn2cc(-c3ccsc3)ccc12. The number of fused-ring (bicyclic) bond motifs is 1. The lowest BCUT2D eigenvalue weighted by molar-refractivity contribution is 0.0881. The Balaban J connectivity index is 1.41. The molecule has 0 N–H and O–H groups in total. The Morgan fingerprint density at radius 2 is 2.07 bits per heavy atom. The normalized spacial score (nSPS) is 18.7. The molecule has 0 aromatic carbocycles. The molecule has 0 amide bonds. The van der Waals surface area contributed by atoms with E-state index in [0.717, 1.165) is 43.1 Å². The van der Waals surface area contributed by atoms with Crippen LogP contribution in [0.3, 0.4) is 0 Å². The lowest BCUT2D eigenvalue weighted by Crippen LogP contribution is -2.46. The van der Waals surface area contributed by atoms with Crippen molar-refractivity contribution in [1.29, 1.82) is 0 Å². The number of hydrogen-bond acceptors (Lipinski definition) is 6. The van der Waals surface area contributed by atoms with Crippen molar-refractivity contribution in [3.63, 3.8) is 0 Å². The van der Waals surface area contributed by atoms with E-state index in [1.807, 2.05) is 22.8 Å². The van der Waals surface area contributed by atoms with Crippen LogP contribution in [0.15, 0.2) is 59.6 Å². The molecule has 0 bridgehead atoms. The van der Waals surface area contributed by atoms with E-state index in [9.17, 15) is 0 Å². The fourth-order valence-corrected chi connectivity index (χ4v) is 4.51. The number of rotatable bonds is 4. The third-order valence-corrected chi connectivity index (χ3v) is 6.14. The minimum Gasteiger partial charge on any atom is -0.295 e. The summed E-state index contributed by atoms with van der Waals surface area (Å²) >= 11 is 1.71. The summed E-state index contributed by atoms with van der Waals surface area (Å²) in [4.78, 5) is 9.31. The van der Waals surface area contributed by atoms with E-state index in [0.29, 0.717) is 0 Å². The zero-order valence-electron chi connectivity index (χ0n) is 15.8. The third-order valence-electron chi connectivity index (χ3n) is 5.45. The Morgan fingerprint density at radius 3 is 2.89 bits per heavy atom. The molecule has 1 aliphatic heterocycles. The van der Waals surface area contributed by atoms with Crippen molar-refractivity contribution < 1.29 is 0 Å². The van der Waals surface area contributed by atoms with Crippen LogP contribution in [0.25, 0.3) is 16.6 Å². The fourth-order valence-electron chi connectivity index (χ4n) is 3.84. The molecule has 1 saturated heterocycles. The third kappa shape index (κ3) is 3.32. The molecule has 28 heavy (non-hydrogen) atoms. The van der Waals surface area contributed by atoms with Crippen molar-refractivity contribution in [1.82, 2.24) is 29.6 Å². The van der Waals surface area contributed by atoms with Crippen molar-refractivity contribution in [2.45, 2.75) is 12.6 Å². The lowest BCUT2D eigenvalue weighted by Gasteiger charge is -2.38. The zero-order valence-corrected chi connectivity index (χ0v) is 16.6. The van der Waals surface area contributed by atoms with Crippen LogP contribution in [0.5, 0.6) is 0 Å². The summed E-state index contributed by atoms with van der Waals surface area (Å²) in [7, 11) is 2.17. The summed E-state index contributed by atoms with van der Waals surface area (Å²) in [5.41, 5.74) is 5.62. The van der Waals surface area contributed by atoms with Crippen LogP contribution >= 0.6 is 11.3 Å². The molecule has 6 nitrogen and oxygen atoms in total. The molecule has 0 radical (unpaired) electrons. The number of nitrogens with zero attached hydrogens (tertiary/aromatic N) is 6. The van der Waals surface area contributed by atoms with E-state index < -0.39 is 0 Å². The molecule has 142 valence electrons. The van der Waals surface area contributed by atoms with Gasteiger partial charge in [0, 0.05) is 44.1 Å². The highest BCUT2D eigenvalue weighted by atomic mass is 32.1. The molecular weight excluding hydrogens is 368 g/mol. The van der Waals surface area contributed by atoms with E-state index in [2.05, 4.69) is 73.4 Å². The first-order valence-electron chi connectivity index (χ1n) is 9.48. The molecule has 4 aromatic rings. The van der Waals surface area contributed by atoms with Crippen molar-refractivity contribution in [3.8, 4) is 11.1 Å². The van der Waals surface area contributed by atoms with Crippen molar-refractivity contribution in [2.75, 3.05) is 26.7 Å². The summed E-state index contributed by atoms with van der Waals surface area (Å²) in [6.07, 6.45) is 3.93. The average Bonchev–Trinajstić information content (AvgIpc) is 3.40. The van der Waals surface area contributed by atoms with Crippen LogP contribution < -0.4 is 0 Å². The smallest absolute Gasteiger partial charge is 0.109 e. The van der Waals surface area contributed by atoms with Crippen LogP contribution in [0.4, 0.5) is 0 Å². The standard InChI is InChI=1S/C21H22N6S/c1-25-9-10-26(13-18-4-2-3-8-22-18)14-20(25)21-19-6-5-16(12-27(19)24-23-21)17-7-11-28-15-17/h2-8,11-12,15,20H,9-10,13-14H2,1H3/t20-/m1/s1. The van der Waals surface area contributed by atoms with Gasteiger partial charge in [0.15, 0.2) is 0 Å². The molecule has 0 aliphatic carbocycles. The Morgan fingerprint density at radius 1 is 1.11 bits per heavy atom. The van der Waals surface area contributed by atoms with Gasteiger partial charge in [0.25, 0.3) is 0 Å². The highest BCUT2D eigenvalue weighted by molar-refractivity contribution is 7.08. The van der Waals surface area contributed by atoms with Gasteiger partial charge in [-0.25, -0.2) is 4.52 Å². The van der Waals surface area contributed by atoms with Gasteiger partial charge in [-0.1, -0.05) is 17.3 Å². The molecule has 1 aliphatic rings. The van der Waals surface area contributed by atoms with Crippen LogP contribution in [0.1, 0.15) is 17.4 Å². The van der Waals surface area contributed by atoms with Crippen LogP contribution in [0.2, 0.25) is 0 Å². The Kier molecular flexibility index (Phi) is 4.64. The molecule has 1 fully saturated rings. The van der Waals surface area contributed by atoms with E-state index in [-0.39, 0.29) is 6.04 Å². The Hall–Kier alpha value is -2.61. The summed E-state index contributed by atoms with van der Waals surface area (Å²) in [6.45, 7) is 3.83. The van der Waals surface area contributed by atoms with Gasteiger partial charge in [-0.15, -0.1) is 5.10 Å². The number of pyridine rings is 2. The van der Waals surface area contributed by atoms with Gasteiger partial charge < -0.3 is 0 Å². The fraction of sp³-hybridized carbons (Fsp3) is 0.286. The maximum absolute atomic E-state index is 4.56. The zero-order chi connectivity index (χ0) is 18.9. The number of likely N-dealkylation sites (N-methyl/N-ethyl adjacent to an activating group) is 1. The van der Waals surface area contributed by atoms with Gasteiger partial charge in [0.1, 0.15) is 5.69 Å². The lowest BCUT2D eigenvalue weighted by atomic mass is 10.1. The van der Waals surface area contributed by atoms with Crippen LogP contribution in [0, 0.1) is 0 Å². The molecule has 0 saturated carbocycles. The highest BCUT2D eigenvalue weighted by Gasteiger charge is 2.29. The molecule has 0 unspecified atom stereocenters. The van der Waals surface area contributed by atoms with Crippen molar-refractivity contribution in [3.05, 3.63) is 70.9 Å². The maximum atomic E-state index is 4.56. The van der Waals surface area contributed by atoms with Gasteiger partial charge in [-0.2, -0.15) is 11.3 Å². The number of thiophene rings is 1. The summed E-state index contributed by atoms with van der Waals surface area (Å²) < 4.78 is 1.91. The molecule has 5 rings (SSSR count). The Labute approximate surface area is 168 Å². The maximum Gasteiger partial charge on any atom is 0.109 e. The predicted octanol–water partition coefficient (Wildman–Crippen LogP) is 3.34. The number of aromatic nitrogens is 4. The topological polar surface area (TPSA) is 49.6 Å². The van der Waals surface area contributed by atoms with Gasteiger partial charge in [-0.3, -0.25) is 14.8 Å². The molecule has 0 spiro atoms. The van der Waals surface area contributed by atoms with Crippen molar-refractivity contribution in [2.24, 2.45) is 0 Å². The minimum atomic E-state index is 0.224. The van der Waals surface area contributed by atoms with Gasteiger partial charge >= 0.3 is 0 Å². The van der Waals surface area contributed by atoms with E-state index in [1.165, 1.54) is 11.1 Å². The summed E-state index contributed by atoms with van der Waals surface area (Å²) in [5, 5.41) is 13.2. The molecular formula is C21H22N6S. The molecule has 5 heterocycles. The molecule has 7 heteroatoms. The van der Waals surface area contributed by atoms with Gasteiger partial charge in [0.2, 0.25) is 0 Å². The quantitative estimate of drug-likeness (QED) is 0.535. The Bertz CT molecular complexity index is 1060. The van der Waals surface area contributed by atoms with Crippen LogP contribution in [-0.4, -0.2) is 56.3 Å².